The molecule has 1 aromatic heterocycles. The standard InChI is InChI=1S/C27H34N2O2/c1-4-5-12-31-21-7-9-22-19(14-21)6-8-24-23(22)10-11-27(2)25(24)15-20(26(27)30)13-18-16-28-29(3)17-18/h7,9,13-14,16-17,23-25H,4-6,8,10-12,15H2,1-3H3/b20-13+. The lowest BCUT2D eigenvalue weighted by molar-refractivity contribution is -0.127. The van der Waals surface area contributed by atoms with E-state index in [0.717, 1.165) is 62.0 Å². The number of unbranched alkanes of at least 4 members (excludes halogenated alkanes) is 1. The first-order chi connectivity index (χ1) is 15.0. The number of hydrogen-bond acceptors (Lipinski definition) is 3. The zero-order chi connectivity index (χ0) is 21.6. The largest absolute Gasteiger partial charge is 0.494 e. The van der Waals surface area contributed by atoms with E-state index in [-0.39, 0.29) is 5.41 Å². The number of hydrogen-bond donors (Lipinski definition) is 0. The van der Waals surface area contributed by atoms with Crippen molar-refractivity contribution in [2.75, 3.05) is 6.61 Å². The number of fused-ring (bicyclic) bond motifs is 5. The number of ether oxygens (including phenoxy) is 1. The van der Waals surface area contributed by atoms with Gasteiger partial charge in [0.05, 0.1) is 12.8 Å². The van der Waals surface area contributed by atoms with Gasteiger partial charge in [0.1, 0.15) is 5.75 Å². The summed E-state index contributed by atoms with van der Waals surface area (Å²) in [5, 5.41) is 4.26. The zero-order valence-electron chi connectivity index (χ0n) is 19.1. The molecule has 0 bridgehead atoms. The van der Waals surface area contributed by atoms with Gasteiger partial charge in [-0.2, -0.15) is 5.10 Å². The predicted octanol–water partition coefficient (Wildman–Crippen LogP) is 5.72. The van der Waals surface area contributed by atoms with Gasteiger partial charge in [-0.25, -0.2) is 0 Å². The Labute approximate surface area is 185 Å². The van der Waals surface area contributed by atoms with E-state index in [1.807, 2.05) is 19.4 Å². The maximum atomic E-state index is 13.5. The number of aryl methyl sites for hydroxylation is 2. The van der Waals surface area contributed by atoms with Crippen LogP contribution in [0.1, 0.15) is 75.0 Å². The Morgan fingerprint density at radius 2 is 2.19 bits per heavy atom. The number of carbonyl (C=O) groups is 1. The third kappa shape index (κ3) is 3.54. The summed E-state index contributed by atoms with van der Waals surface area (Å²) >= 11 is 0. The Balaban J connectivity index is 1.39. The number of benzene rings is 1. The fourth-order valence-electron chi connectivity index (χ4n) is 6.50. The molecule has 0 amide bonds. The molecule has 0 spiro atoms. The molecule has 0 N–H and O–H groups in total. The molecule has 3 aliphatic rings. The molecule has 4 nitrogen and oxygen atoms in total. The number of ketones is 1. The Hall–Kier alpha value is -2.36. The van der Waals surface area contributed by atoms with Crippen molar-refractivity contribution in [1.29, 1.82) is 0 Å². The number of carbonyl (C=O) groups excluding carboxylic acids is 1. The fourth-order valence-corrected chi connectivity index (χ4v) is 6.50. The molecule has 2 aromatic rings. The van der Waals surface area contributed by atoms with Crippen LogP contribution in [0.3, 0.4) is 0 Å². The summed E-state index contributed by atoms with van der Waals surface area (Å²) < 4.78 is 7.76. The van der Waals surface area contributed by atoms with E-state index in [1.54, 1.807) is 4.68 Å². The van der Waals surface area contributed by atoms with Gasteiger partial charge in [-0.15, -0.1) is 0 Å². The molecule has 2 saturated carbocycles. The summed E-state index contributed by atoms with van der Waals surface area (Å²) in [6.07, 6.45) is 13.5. The molecule has 4 atom stereocenters. The van der Waals surface area contributed by atoms with Crippen molar-refractivity contribution >= 4 is 11.9 Å². The van der Waals surface area contributed by atoms with Gasteiger partial charge in [0.15, 0.2) is 5.78 Å². The highest BCUT2D eigenvalue weighted by Crippen LogP contribution is 2.60. The van der Waals surface area contributed by atoms with Crippen LogP contribution in [0.4, 0.5) is 0 Å². The van der Waals surface area contributed by atoms with Crippen molar-refractivity contribution < 1.29 is 9.53 Å². The molecule has 164 valence electrons. The third-order valence-electron chi connectivity index (χ3n) is 8.17. The van der Waals surface area contributed by atoms with Crippen molar-refractivity contribution in [3.8, 4) is 5.75 Å². The molecule has 0 aliphatic heterocycles. The number of rotatable bonds is 5. The summed E-state index contributed by atoms with van der Waals surface area (Å²) in [6.45, 7) is 5.23. The summed E-state index contributed by atoms with van der Waals surface area (Å²) in [6, 6.07) is 6.76. The summed E-state index contributed by atoms with van der Waals surface area (Å²) in [5.74, 6) is 3.03. The lowest BCUT2D eigenvalue weighted by Gasteiger charge is -2.48. The van der Waals surface area contributed by atoms with Gasteiger partial charge in [0.2, 0.25) is 0 Å². The van der Waals surface area contributed by atoms with E-state index < -0.39 is 0 Å². The molecule has 0 radical (unpaired) electrons. The monoisotopic (exact) mass is 418 g/mol. The van der Waals surface area contributed by atoms with E-state index in [0.29, 0.717) is 23.5 Å². The van der Waals surface area contributed by atoms with E-state index in [2.05, 4.69) is 43.2 Å². The maximum absolute atomic E-state index is 13.5. The Morgan fingerprint density at radius 3 is 2.97 bits per heavy atom. The van der Waals surface area contributed by atoms with Crippen LogP contribution < -0.4 is 4.74 Å². The number of nitrogens with zero attached hydrogens (tertiary/aromatic N) is 2. The second kappa shape index (κ2) is 7.96. The first-order valence-corrected chi connectivity index (χ1v) is 12.0. The molecule has 1 heterocycles. The van der Waals surface area contributed by atoms with Gasteiger partial charge in [-0.05, 0) is 91.2 Å². The van der Waals surface area contributed by atoms with E-state index >= 15 is 0 Å². The Morgan fingerprint density at radius 1 is 1.32 bits per heavy atom. The Kier molecular flexibility index (Phi) is 5.27. The average Bonchev–Trinajstić information content (AvgIpc) is 3.29. The van der Waals surface area contributed by atoms with E-state index in [4.69, 9.17) is 4.74 Å². The summed E-state index contributed by atoms with van der Waals surface area (Å²) in [4.78, 5) is 13.5. The van der Waals surface area contributed by atoms with Crippen molar-refractivity contribution in [2.24, 2.45) is 24.3 Å². The molecule has 4 heteroatoms. The van der Waals surface area contributed by atoms with Gasteiger partial charge < -0.3 is 4.74 Å². The quantitative estimate of drug-likeness (QED) is 0.461. The van der Waals surface area contributed by atoms with Crippen LogP contribution in [0.2, 0.25) is 0 Å². The van der Waals surface area contributed by atoms with Crippen LogP contribution in [0.15, 0.2) is 36.2 Å². The minimum absolute atomic E-state index is 0.198. The van der Waals surface area contributed by atoms with Gasteiger partial charge in [0, 0.05) is 24.2 Å². The van der Waals surface area contributed by atoms with Crippen LogP contribution >= 0.6 is 0 Å². The van der Waals surface area contributed by atoms with Gasteiger partial charge >= 0.3 is 0 Å². The maximum Gasteiger partial charge on any atom is 0.165 e. The molecule has 1 aromatic carbocycles. The third-order valence-corrected chi connectivity index (χ3v) is 8.17. The van der Waals surface area contributed by atoms with Gasteiger partial charge in [-0.1, -0.05) is 26.3 Å². The lowest BCUT2D eigenvalue weighted by atomic mass is 9.55. The van der Waals surface area contributed by atoms with Gasteiger partial charge in [0.25, 0.3) is 0 Å². The minimum atomic E-state index is -0.198. The van der Waals surface area contributed by atoms with Crippen LogP contribution in [0.5, 0.6) is 5.75 Å². The van der Waals surface area contributed by atoms with Crippen LogP contribution in [-0.4, -0.2) is 22.2 Å². The molecule has 3 aliphatic carbocycles. The first-order valence-electron chi connectivity index (χ1n) is 12.0. The highest BCUT2D eigenvalue weighted by atomic mass is 16.5. The molecule has 0 saturated heterocycles. The smallest absolute Gasteiger partial charge is 0.165 e. The van der Waals surface area contributed by atoms with Crippen molar-refractivity contribution in [1.82, 2.24) is 9.78 Å². The fraction of sp³-hybridized carbons (Fsp3) is 0.556. The number of aromatic nitrogens is 2. The SMILES string of the molecule is CCCCOc1ccc2c(c1)CCC1C2CCC2(C)C(=O)/C(=C/c3cnn(C)c3)CC12. The summed E-state index contributed by atoms with van der Waals surface area (Å²) in [7, 11) is 1.92. The first kappa shape index (κ1) is 20.5. The second-order valence-electron chi connectivity index (χ2n) is 10.1. The second-order valence-corrected chi connectivity index (χ2v) is 10.1. The number of Topliss-reactive ketones (excluding diaryl/α,β-unsaturated/α-hetero) is 1. The van der Waals surface area contributed by atoms with Crippen molar-refractivity contribution in [2.45, 2.75) is 64.7 Å². The molecular weight excluding hydrogens is 384 g/mol. The normalized spacial score (nSPS) is 30.7. The molecule has 31 heavy (non-hydrogen) atoms. The number of allylic oxidation sites excluding steroid dienone is 1. The van der Waals surface area contributed by atoms with Gasteiger partial charge in [-0.3, -0.25) is 9.48 Å². The van der Waals surface area contributed by atoms with Crippen molar-refractivity contribution in [3.05, 3.63) is 52.9 Å². The Bertz CT molecular complexity index is 1020. The topological polar surface area (TPSA) is 44.1 Å². The minimum Gasteiger partial charge on any atom is -0.494 e. The summed E-state index contributed by atoms with van der Waals surface area (Å²) in [5.41, 5.74) is 4.82. The highest BCUT2D eigenvalue weighted by molar-refractivity contribution is 6.05. The highest BCUT2D eigenvalue weighted by Gasteiger charge is 2.56. The molecule has 2 fully saturated rings. The van der Waals surface area contributed by atoms with Crippen LogP contribution in [0, 0.1) is 17.3 Å². The van der Waals surface area contributed by atoms with Crippen molar-refractivity contribution in [3.63, 3.8) is 0 Å². The molecule has 5 rings (SSSR count). The van der Waals surface area contributed by atoms with Crippen LogP contribution in [-0.2, 0) is 18.3 Å². The lowest BCUT2D eigenvalue weighted by Crippen LogP contribution is -2.42. The average molecular weight is 419 g/mol. The van der Waals surface area contributed by atoms with E-state index in [9.17, 15) is 4.79 Å². The molecular formula is C27H34N2O2. The van der Waals surface area contributed by atoms with Crippen LogP contribution in [0.25, 0.3) is 6.08 Å². The van der Waals surface area contributed by atoms with E-state index in [1.165, 1.54) is 17.5 Å². The zero-order valence-corrected chi connectivity index (χ0v) is 19.1. The predicted molar refractivity (Wildman–Crippen MR) is 123 cm³/mol. The molecule has 4 unspecified atom stereocenters.